The van der Waals surface area contributed by atoms with Crippen molar-refractivity contribution in [1.29, 1.82) is 0 Å². The molecular formula is C17H18ClNO4. The first kappa shape index (κ1) is 17.0. The lowest BCUT2D eigenvalue weighted by molar-refractivity contribution is 0.0947. The smallest absolute Gasteiger partial charge is 0.255 e. The van der Waals surface area contributed by atoms with Gasteiger partial charge >= 0.3 is 0 Å². The average molecular weight is 336 g/mol. The normalized spacial score (nSPS) is 10.1. The van der Waals surface area contributed by atoms with Gasteiger partial charge in [-0.15, -0.1) is 0 Å². The minimum Gasteiger partial charge on any atom is -0.493 e. The zero-order chi connectivity index (χ0) is 16.8. The van der Waals surface area contributed by atoms with E-state index in [0.717, 1.165) is 5.56 Å². The van der Waals surface area contributed by atoms with Gasteiger partial charge < -0.3 is 19.5 Å². The fraction of sp³-hybridized carbons (Fsp3) is 0.235. The fourth-order valence-electron chi connectivity index (χ4n) is 2.19. The second-order valence-corrected chi connectivity index (χ2v) is 5.06. The maximum atomic E-state index is 12.4. The minimum absolute atomic E-state index is 0.289. The van der Waals surface area contributed by atoms with Crippen molar-refractivity contribution in [1.82, 2.24) is 5.32 Å². The van der Waals surface area contributed by atoms with Crippen molar-refractivity contribution < 1.29 is 19.0 Å². The number of ether oxygens (including phenoxy) is 3. The molecule has 0 radical (unpaired) electrons. The van der Waals surface area contributed by atoms with Gasteiger partial charge in [0, 0.05) is 11.6 Å². The van der Waals surface area contributed by atoms with E-state index in [-0.39, 0.29) is 5.91 Å². The molecule has 0 atom stereocenters. The van der Waals surface area contributed by atoms with E-state index in [0.29, 0.717) is 34.4 Å². The maximum absolute atomic E-state index is 12.4. The van der Waals surface area contributed by atoms with E-state index in [1.54, 1.807) is 18.2 Å². The van der Waals surface area contributed by atoms with Crippen molar-refractivity contribution in [2.75, 3.05) is 21.3 Å². The van der Waals surface area contributed by atoms with E-state index < -0.39 is 0 Å². The third-order valence-electron chi connectivity index (χ3n) is 3.35. The Kier molecular flexibility index (Phi) is 5.71. The molecular weight excluding hydrogens is 318 g/mol. The van der Waals surface area contributed by atoms with Gasteiger partial charge in [0.25, 0.3) is 5.91 Å². The van der Waals surface area contributed by atoms with E-state index in [1.807, 2.05) is 18.2 Å². The number of rotatable bonds is 6. The summed E-state index contributed by atoms with van der Waals surface area (Å²) in [6.07, 6.45) is 0. The topological polar surface area (TPSA) is 56.8 Å². The molecule has 122 valence electrons. The highest BCUT2D eigenvalue weighted by Gasteiger charge is 2.20. The summed E-state index contributed by atoms with van der Waals surface area (Å²) in [5.74, 6) is 0.902. The molecule has 23 heavy (non-hydrogen) atoms. The summed E-state index contributed by atoms with van der Waals surface area (Å²) < 4.78 is 15.8. The zero-order valence-electron chi connectivity index (χ0n) is 13.2. The van der Waals surface area contributed by atoms with E-state index in [9.17, 15) is 4.79 Å². The standard InChI is InChI=1S/C17H18ClNO4/c1-21-14-9-8-12(15(22-2)16(14)23-3)17(20)19-10-11-6-4-5-7-13(11)18/h4-9H,10H2,1-3H3,(H,19,20). The van der Waals surface area contributed by atoms with Crippen LogP contribution in [0, 0.1) is 0 Å². The molecule has 0 aromatic heterocycles. The molecule has 0 fully saturated rings. The number of amides is 1. The largest absolute Gasteiger partial charge is 0.493 e. The van der Waals surface area contributed by atoms with E-state index in [2.05, 4.69) is 5.32 Å². The summed E-state index contributed by atoms with van der Waals surface area (Å²) in [6.45, 7) is 0.315. The quantitative estimate of drug-likeness (QED) is 0.880. The molecule has 0 aliphatic heterocycles. The van der Waals surface area contributed by atoms with Gasteiger partial charge in [0.15, 0.2) is 11.5 Å². The third kappa shape index (κ3) is 3.68. The summed E-state index contributed by atoms with van der Waals surface area (Å²) in [5, 5.41) is 3.42. The Balaban J connectivity index is 2.24. The van der Waals surface area contributed by atoms with Gasteiger partial charge in [-0.3, -0.25) is 4.79 Å². The fourth-order valence-corrected chi connectivity index (χ4v) is 2.40. The molecule has 0 unspecified atom stereocenters. The van der Waals surface area contributed by atoms with Gasteiger partial charge in [-0.1, -0.05) is 29.8 Å². The molecule has 1 amide bonds. The number of hydrogen-bond donors (Lipinski definition) is 1. The van der Waals surface area contributed by atoms with Crippen LogP contribution in [0.3, 0.4) is 0 Å². The second kappa shape index (κ2) is 7.74. The summed E-state index contributed by atoms with van der Waals surface area (Å²) in [5.41, 5.74) is 1.19. The Bertz CT molecular complexity index is 703. The number of carbonyl (C=O) groups excluding carboxylic acids is 1. The predicted octanol–water partition coefficient (Wildman–Crippen LogP) is 3.30. The first-order valence-corrected chi connectivity index (χ1v) is 7.30. The van der Waals surface area contributed by atoms with Gasteiger partial charge in [-0.05, 0) is 23.8 Å². The summed E-state index contributed by atoms with van der Waals surface area (Å²) in [7, 11) is 4.49. The number of benzene rings is 2. The lowest BCUT2D eigenvalue weighted by atomic mass is 10.1. The van der Waals surface area contributed by atoms with Gasteiger partial charge in [0.1, 0.15) is 0 Å². The second-order valence-electron chi connectivity index (χ2n) is 4.66. The lowest BCUT2D eigenvalue weighted by Crippen LogP contribution is -2.23. The van der Waals surface area contributed by atoms with Crippen LogP contribution in [0.5, 0.6) is 17.2 Å². The Morgan fingerprint density at radius 2 is 1.70 bits per heavy atom. The zero-order valence-corrected chi connectivity index (χ0v) is 13.9. The van der Waals surface area contributed by atoms with Gasteiger partial charge in [-0.25, -0.2) is 0 Å². The highest BCUT2D eigenvalue weighted by Crippen LogP contribution is 2.39. The van der Waals surface area contributed by atoms with Gasteiger partial charge in [0.2, 0.25) is 5.75 Å². The molecule has 1 N–H and O–H groups in total. The lowest BCUT2D eigenvalue weighted by Gasteiger charge is -2.15. The molecule has 0 saturated carbocycles. The first-order chi connectivity index (χ1) is 11.1. The van der Waals surface area contributed by atoms with Crippen molar-refractivity contribution >= 4 is 17.5 Å². The molecule has 0 aliphatic rings. The molecule has 2 aromatic carbocycles. The Morgan fingerprint density at radius 1 is 1.00 bits per heavy atom. The van der Waals surface area contributed by atoms with Crippen molar-refractivity contribution in [3.63, 3.8) is 0 Å². The molecule has 5 nitrogen and oxygen atoms in total. The summed E-state index contributed by atoms with van der Waals surface area (Å²) in [6, 6.07) is 10.6. The van der Waals surface area contributed by atoms with Gasteiger partial charge in [0.05, 0.1) is 26.9 Å². The number of halogens is 1. The van der Waals surface area contributed by atoms with E-state index in [1.165, 1.54) is 21.3 Å². The van der Waals surface area contributed by atoms with Crippen LogP contribution in [0.1, 0.15) is 15.9 Å². The van der Waals surface area contributed by atoms with Crippen LogP contribution >= 0.6 is 11.6 Å². The first-order valence-electron chi connectivity index (χ1n) is 6.93. The van der Waals surface area contributed by atoms with Crippen LogP contribution in [-0.4, -0.2) is 27.2 Å². The number of methoxy groups -OCH3 is 3. The van der Waals surface area contributed by atoms with Crippen LogP contribution in [0.15, 0.2) is 36.4 Å². The Morgan fingerprint density at radius 3 is 2.30 bits per heavy atom. The highest BCUT2D eigenvalue weighted by atomic mass is 35.5. The molecule has 2 rings (SSSR count). The van der Waals surface area contributed by atoms with Crippen molar-refractivity contribution in [3.05, 3.63) is 52.5 Å². The SMILES string of the molecule is COc1ccc(C(=O)NCc2ccccc2Cl)c(OC)c1OC. The molecule has 0 saturated heterocycles. The number of carbonyl (C=O) groups is 1. The van der Waals surface area contributed by atoms with E-state index >= 15 is 0 Å². The molecule has 0 aliphatic carbocycles. The maximum Gasteiger partial charge on any atom is 0.255 e. The molecule has 6 heteroatoms. The molecule has 0 bridgehead atoms. The third-order valence-corrected chi connectivity index (χ3v) is 3.71. The predicted molar refractivity (Wildman–Crippen MR) is 88.7 cm³/mol. The summed E-state index contributed by atoms with van der Waals surface area (Å²) in [4.78, 5) is 12.4. The number of hydrogen-bond acceptors (Lipinski definition) is 4. The Labute approximate surface area is 140 Å². The van der Waals surface area contributed by atoms with Crippen molar-refractivity contribution in [2.45, 2.75) is 6.54 Å². The number of nitrogens with one attached hydrogen (secondary N) is 1. The van der Waals surface area contributed by atoms with Crippen LogP contribution in [0.25, 0.3) is 0 Å². The Hall–Kier alpha value is -2.40. The monoisotopic (exact) mass is 335 g/mol. The van der Waals surface area contributed by atoms with Crippen LogP contribution in [0.4, 0.5) is 0 Å². The highest BCUT2D eigenvalue weighted by molar-refractivity contribution is 6.31. The van der Waals surface area contributed by atoms with Crippen LogP contribution < -0.4 is 19.5 Å². The molecule has 0 spiro atoms. The minimum atomic E-state index is -0.289. The van der Waals surface area contributed by atoms with Crippen molar-refractivity contribution in [3.8, 4) is 17.2 Å². The average Bonchev–Trinajstić information content (AvgIpc) is 2.59. The van der Waals surface area contributed by atoms with E-state index in [4.69, 9.17) is 25.8 Å². The van der Waals surface area contributed by atoms with Crippen LogP contribution in [0.2, 0.25) is 5.02 Å². The van der Waals surface area contributed by atoms with Gasteiger partial charge in [-0.2, -0.15) is 0 Å². The van der Waals surface area contributed by atoms with Crippen LogP contribution in [-0.2, 0) is 6.54 Å². The molecule has 0 heterocycles. The summed E-state index contributed by atoms with van der Waals surface area (Å²) >= 11 is 6.09. The molecule has 2 aromatic rings. The van der Waals surface area contributed by atoms with Crippen molar-refractivity contribution in [2.24, 2.45) is 0 Å².